The number of carbonyl (C=O) groups is 2. The zero-order chi connectivity index (χ0) is 29.7. The normalized spacial score (nSPS) is 12.6. The Kier molecular flexibility index (Phi) is 8.32. The van der Waals surface area contributed by atoms with E-state index in [1.54, 1.807) is 42.6 Å². The summed E-state index contributed by atoms with van der Waals surface area (Å²) >= 11 is 0. The van der Waals surface area contributed by atoms with Crippen LogP contribution in [0.3, 0.4) is 0 Å². The third kappa shape index (κ3) is 6.85. The van der Waals surface area contributed by atoms with Gasteiger partial charge in [0.2, 0.25) is 0 Å². The van der Waals surface area contributed by atoms with Crippen LogP contribution in [-0.2, 0) is 4.79 Å². The van der Waals surface area contributed by atoms with Gasteiger partial charge >= 0.3 is 12.1 Å². The zero-order valence-corrected chi connectivity index (χ0v) is 22.1. The van der Waals surface area contributed by atoms with Crippen LogP contribution in [0.25, 0.3) is 28.6 Å². The highest BCUT2D eigenvalue weighted by Gasteiger charge is 2.33. The molecule has 7 nitrogen and oxygen atoms in total. The van der Waals surface area contributed by atoms with Crippen molar-refractivity contribution in [2.24, 2.45) is 0 Å². The van der Waals surface area contributed by atoms with Gasteiger partial charge in [-0.1, -0.05) is 49.1 Å². The molecule has 0 spiro atoms. The third-order valence-corrected chi connectivity index (χ3v) is 6.17. The Balaban J connectivity index is 1.65. The standard InChI is InChI=1S/C31H25F3N4O3/c1-4-5-9-24(20(3)31(32,33)34)25-13-14-28-35-27(18-38(28)37-25)22-12-10-19(2)26(17-22)36-30(41)23-8-6-7-21(16-23)11-15-29(39)40/h4-18H,1H2,2-3H3,(H,36,41)(H,39,40)/b9-5-,15-11+,24-20-. The van der Waals surface area contributed by atoms with E-state index in [1.807, 2.05) is 19.1 Å². The molecule has 0 unspecified atom stereocenters. The van der Waals surface area contributed by atoms with Gasteiger partial charge in [-0.25, -0.2) is 14.3 Å². The number of aryl methyl sites for hydroxylation is 1. The van der Waals surface area contributed by atoms with Crippen molar-refractivity contribution in [3.05, 3.63) is 120 Å². The van der Waals surface area contributed by atoms with Crippen LogP contribution in [0.4, 0.5) is 18.9 Å². The number of aliphatic carboxylic acids is 1. The van der Waals surface area contributed by atoms with Crippen LogP contribution in [-0.4, -0.2) is 37.8 Å². The molecule has 4 rings (SSSR count). The Morgan fingerprint density at radius 3 is 2.56 bits per heavy atom. The van der Waals surface area contributed by atoms with Gasteiger partial charge in [0, 0.05) is 34.0 Å². The number of fused-ring (bicyclic) bond motifs is 1. The fraction of sp³-hybridized carbons (Fsp3) is 0.0968. The van der Waals surface area contributed by atoms with E-state index in [-0.39, 0.29) is 17.2 Å². The van der Waals surface area contributed by atoms with Crippen molar-refractivity contribution in [3.8, 4) is 11.3 Å². The molecular weight excluding hydrogens is 533 g/mol. The molecule has 10 heteroatoms. The summed E-state index contributed by atoms with van der Waals surface area (Å²) in [6.45, 7) is 6.35. The van der Waals surface area contributed by atoms with Gasteiger partial charge in [-0.15, -0.1) is 0 Å². The molecule has 4 aromatic rings. The van der Waals surface area contributed by atoms with E-state index in [0.29, 0.717) is 33.7 Å². The number of hydrogen-bond acceptors (Lipinski definition) is 4. The van der Waals surface area contributed by atoms with Crippen molar-refractivity contribution in [1.29, 1.82) is 0 Å². The number of anilines is 1. The first-order valence-electron chi connectivity index (χ1n) is 12.3. The number of aromatic nitrogens is 3. The summed E-state index contributed by atoms with van der Waals surface area (Å²) in [5.74, 6) is -1.48. The number of carboxylic acids is 1. The summed E-state index contributed by atoms with van der Waals surface area (Å²) in [5.41, 5.74) is 3.06. The summed E-state index contributed by atoms with van der Waals surface area (Å²) in [6.07, 6.45) is 3.58. The largest absolute Gasteiger partial charge is 0.478 e. The highest BCUT2D eigenvalue weighted by molar-refractivity contribution is 6.05. The van der Waals surface area contributed by atoms with E-state index in [2.05, 4.69) is 22.0 Å². The molecule has 0 saturated carbocycles. The number of carboxylic acid groups (broad SMARTS) is 1. The molecule has 0 radical (unpaired) electrons. The van der Waals surface area contributed by atoms with E-state index in [1.165, 1.54) is 34.9 Å². The molecule has 2 N–H and O–H groups in total. The van der Waals surface area contributed by atoms with E-state index < -0.39 is 17.7 Å². The molecule has 0 fully saturated rings. The molecule has 1 amide bonds. The Labute approximate surface area is 233 Å². The van der Waals surface area contributed by atoms with Crippen LogP contribution in [0.1, 0.15) is 34.1 Å². The van der Waals surface area contributed by atoms with Crippen LogP contribution in [0.2, 0.25) is 0 Å². The molecule has 2 aromatic heterocycles. The van der Waals surface area contributed by atoms with Crippen LogP contribution >= 0.6 is 0 Å². The maximum atomic E-state index is 13.5. The Bertz CT molecular complexity index is 1750. The maximum Gasteiger partial charge on any atom is 0.413 e. The van der Waals surface area contributed by atoms with Gasteiger partial charge in [0.15, 0.2) is 5.65 Å². The molecule has 0 aliphatic heterocycles. The monoisotopic (exact) mass is 558 g/mol. The molecule has 0 saturated heterocycles. The number of allylic oxidation sites excluding steroid dienone is 5. The SMILES string of the molecule is C=C/C=C\C(=C(/C)C(F)(F)F)c1ccc2nc(-c3ccc(C)c(NC(=O)c4cccc(/C=C/C(=O)O)c4)c3)cn2n1. The van der Waals surface area contributed by atoms with Crippen molar-refractivity contribution in [2.75, 3.05) is 5.32 Å². The first kappa shape index (κ1) is 28.8. The molecule has 208 valence electrons. The number of nitrogens with one attached hydrogen (secondary N) is 1. The minimum absolute atomic E-state index is 0.0857. The molecule has 2 heterocycles. The average Bonchev–Trinajstić information content (AvgIpc) is 3.36. The van der Waals surface area contributed by atoms with Gasteiger partial charge in [-0.05, 0) is 61.4 Å². The van der Waals surface area contributed by atoms with Gasteiger partial charge in [0.1, 0.15) is 0 Å². The first-order valence-corrected chi connectivity index (χ1v) is 12.3. The quantitative estimate of drug-likeness (QED) is 0.177. The van der Waals surface area contributed by atoms with Crippen LogP contribution < -0.4 is 5.32 Å². The van der Waals surface area contributed by atoms with E-state index in [0.717, 1.165) is 18.6 Å². The molecule has 41 heavy (non-hydrogen) atoms. The lowest BCUT2D eigenvalue weighted by molar-refractivity contribution is -0.131. The maximum absolute atomic E-state index is 13.5. The number of nitrogens with zero attached hydrogens (tertiary/aromatic N) is 3. The number of imidazole rings is 1. The molecule has 0 aliphatic carbocycles. The second kappa shape index (κ2) is 11.9. The van der Waals surface area contributed by atoms with E-state index >= 15 is 0 Å². The van der Waals surface area contributed by atoms with Crippen LogP contribution in [0.5, 0.6) is 0 Å². The molecule has 2 aromatic carbocycles. The fourth-order valence-electron chi connectivity index (χ4n) is 3.95. The minimum atomic E-state index is -4.53. The van der Waals surface area contributed by atoms with Crippen molar-refractivity contribution >= 4 is 34.9 Å². The topological polar surface area (TPSA) is 96.6 Å². The number of carbonyl (C=O) groups excluding carboxylic acids is 1. The van der Waals surface area contributed by atoms with E-state index in [4.69, 9.17) is 5.11 Å². The number of rotatable bonds is 8. The Hall–Kier alpha value is -5.25. The number of halogens is 3. The zero-order valence-electron chi connectivity index (χ0n) is 22.1. The van der Waals surface area contributed by atoms with Gasteiger partial charge in [-0.2, -0.15) is 18.3 Å². The third-order valence-electron chi connectivity index (χ3n) is 6.17. The Morgan fingerprint density at radius 2 is 1.85 bits per heavy atom. The fourth-order valence-corrected chi connectivity index (χ4v) is 3.95. The van der Waals surface area contributed by atoms with Crippen molar-refractivity contribution in [3.63, 3.8) is 0 Å². The second-order valence-electron chi connectivity index (χ2n) is 9.06. The lowest BCUT2D eigenvalue weighted by Gasteiger charge is -2.11. The molecule has 0 aliphatic rings. The van der Waals surface area contributed by atoms with Crippen molar-refractivity contribution in [2.45, 2.75) is 20.0 Å². The van der Waals surface area contributed by atoms with Crippen molar-refractivity contribution < 1.29 is 27.9 Å². The summed E-state index contributed by atoms with van der Waals surface area (Å²) in [4.78, 5) is 28.3. The Morgan fingerprint density at radius 1 is 1.07 bits per heavy atom. The summed E-state index contributed by atoms with van der Waals surface area (Å²) in [6, 6.07) is 15.0. The molecular formula is C31H25F3N4O3. The minimum Gasteiger partial charge on any atom is -0.478 e. The number of benzene rings is 2. The lowest BCUT2D eigenvalue weighted by atomic mass is 10.0. The van der Waals surface area contributed by atoms with E-state index in [9.17, 15) is 22.8 Å². The molecule has 0 atom stereocenters. The number of alkyl halides is 3. The van der Waals surface area contributed by atoms with Gasteiger partial charge in [0.25, 0.3) is 5.91 Å². The number of hydrogen-bond donors (Lipinski definition) is 2. The van der Waals surface area contributed by atoms with Crippen molar-refractivity contribution in [1.82, 2.24) is 14.6 Å². The smallest absolute Gasteiger partial charge is 0.413 e. The van der Waals surface area contributed by atoms with Crippen LogP contribution in [0, 0.1) is 6.92 Å². The van der Waals surface area contributed by atoms with Gasteiger partial charge < -0.3 is 10.4 Å². The predicted molar refractivity (Wildman–Crippen MR) is 152 cm³/mol. The highest BCUT2D eigenvalue weighted by Crippen LogP contribution is 2.33. The number of amides is 1. The first-order chi connectivity index (χ1) is 19.5. The average molecular weight is 559 g/mol. The predicted octanol–water partition coefficient (Wildman–Crippen LogP) is 7.13. The van der Waals surface area contributed by atoms with Gasteiger partial charge in [0.05, 0.1) is 17.6 Å². The molecule has 0 bridgehead atoms. The highest BCUT2D eigenvalue weighted by atomic mass is 19.4. The summed E-state index contributed by atoms with van der Waals surface area (Å²) < 4.78 is 41.9. The van der Waals surface area contributed by atoms with Crippen LogP contribution in [0.15, 0.2) is 97.3 Å². The summed E-state index contributed by atoms with van der Waals surface area (Å²) in [5, 5.41) is 16.1. The second-order valence-corrected chi connectivity index (χ2v) is 9.06. The lowest BCUT2D eigenvalue weighted by Crippen LogP contribution is -2.13. The summed E-state index contributed by atoms with van der Waals surface area (Å²) in [7, 11) is 0. The van der Waals surface area contributed by atoms with Gasteiger partial charge in [-0.3, -0.25) is 4.79 Å².